The topological polar surface area (TPSA) is 72.9 Å². The molecule has 2 aromatic carbocycles. The zero-order valence-electron chi connectivity index (χ0n) is 15.8. The van der Waals surface area contributed by atoms with Gasteiger partial charge in [-0.1, -0.05) is 6.07 Å². The SMILES string of the molecule is COc1ccc(C(=O)Oc2ccc3c(c2)CCC3)cc1S(=O)(=O)N1CCCC1. The van der Waals surface area contributed by atoms with Crippen molar-refractivity contribution in [1.82, 2.24) is 4.31 Å². The molecule has 1 aliphatic heterocycles. The molecular formula is C21H23NO5S. The summed E-state index contributed by atoms with van der Waals surface area (Å²) in [6.45, 7) is 0.963. The van der Waals surface area contributed by atoms with Crippen molar-refractivity contribution in [1.29, 1.82) is 0 Å². The van der Waals surface area contributed by atoms with Gasteiger partial charge in [0.05, 0.1) is 12.7 Å². The van der Waals surface area contributed by atoms with Gasteiger partial charge in [0.15, 0.2) is 0 Å². The second kappa shape index (κ2) is 7.56. The maximum atomic E-state index is 13.0. The number of methoxy groups -OCH3 is 1. The van der Waals surface area contributed by atoms with Crippen molar-refractivity contribution >= 4 is 16.0 Å². The van der Waals surface area contributed by atoms with Gasteiger partial charge in [-0.2, -0.15) is 4.31 Å². The molecule has 0 unspecified atom stereocenters. The van der Waals surface area contributed by atoms with Gasteiger partial charge in [0.1, 0.15) is 16.4 Å². The quantitative estimate of drug-likeness (QED) is 0.568. The van der Waals surface area contributed by atoms with E-state index in [1.165, 1.54) is 40.7 Å². The molecule has 1 aliphatic carbocycles. The molecule has 1 heterocycles. The third kappa shape index (κ3) is 3.52. The summed E-state index contributed by atoms with van der Waals surface area (Å²) in [6, 6.07) is 10.0. The molecule has 0 spiro atoms. The van der Waals surface area contributed by atoms with Crippen molar-refractivity contribution in [2.45, 2.75) is 37.0 Å². The lowest BCUT2D eigenvalue weighted by Gasteiger charge is -2.18. The van der Waals surface area contributed by atoms with Crippen LogP contribution in [0.5, 0.6) is 11.5 Å². The Labute approximate surface area is 165 Å². The molecular weight excluding hydrogens is 378 g/mol. The van der Waals surface area contributed by atoms with Crippen LogP contribution in [0.15, 0.2) is 41.3 Å². The van der Waals surface area contributed by atoms with Crippen LogP contribution in [0.4, 0.5) is 0 Å². The van der Waals surface area contributed by atoms with Gasteiger partial charge >= 0.3 is 5.97 Å². The largest absolute Gasteiger partial charge is 0.495 e. The van der Waals surface area contributed by atoms with Crippen LogP contribution in [0, 0.1) is 0 Å². The highest BCUT2D eigenvalue weighted by Crippen LogP contribution is 2.31. The molecule has 1 saturated heterocycles. The molecule has 0 amide bonds. The van der Waals surface area contributed by atoms with Crippen molar-refractivity contribution < 1.29 is 22.7 Å². The highest BCUT2D eigenvalue weighted by molar-refractivity contribution is 7.89. The fraction of sp³-hybridized carbons (Fsp3) is 0.381. The number of sulfonamides is 1. The van der Waals surface area contributed by atoms with Crippen LogP contribution >= 0.6 is 0 Å². The van der Waals surface area contributed by atoms with E-state index in [0.717, 1.165) is 32.1 Å². The predicted molar refractivity (Wildman–Crippen MR) is 104 cm³/mol. The monoisotopic (exact) mass is 401 g/mol. The van der Waals surface area contributed by atoms with E-state index in [9.17, 15) is 13.2 Å². The molecule has 0 atom stereocenters. The van der Waals surface area contributed by atoms with Crippen LogP contribution in [0.3, 0.4) is 0 Å². The number of hydrogen-bond acceptors (Lipinski definition) is 5. The molecule has 7 heteroatoms. The Morgan fingerprint density at radius 1 is 0.964 bits per heavy atom. The minimum absolute atomic E-state index is 0.000281. The second-order valence-electron chi connectivity index (χ2n) is 7.15. The zero-order chi connectivity index (χ0) is 19.7. The standard InChI is InChI=1S/C21H23NO5S/c1-26-19-10-8-17(14-20(19)28(24,25)22-11-2-3-12-22)21(23)27-18-9-7-15-5-4-6-16(15)13-18/h7-10,13-14H,2-6,11-12H2,1H3. The number of fused-ring (bicyclic) bond motifs is 1. The summed E-state index contributed by atoms with van der Waals surface area (Å²) in [7, 11) is -2.30. The average Bonchev–Trinajstić information content (AvgIpc) is 3.39. The molecule has 0 aromatic heterocycles. The number of carbonyl (C=O) groups is 1. The summed E-state index contributed by atoms with van der Waals surface area (Å²) in [5.41, 5.74) is 2.68. The van der Waals surface area contributed by atoms with Crippen LogP contribution in [-0.2, 0) is 22.9 Å². The van der Waals surface area contributed by atoms with E-state index in [2.05, 4.69) is 0 Å². The minimum atomic E-state index is -3.72. The molecule has 0 radical (unpaired) electrons. The van der Waals surface area contributed by atoms with E-state index in [1.54, 1.807) is 6.07 Å². The van der Waals surface area contributed by atoms with Crippen LogP contribution in [0.2, 0.25) is 0 Å². The van der Waals surface area contributed by atoms with Gasteiger partial charge in [0, 0.05) is 13.1 Å². The average molecular weight is 401 g/mol. The first-order valence-electron chi connectivity index (χ1n) is 9.51. The van der Waals surface area contributed by atoms with Gasteiger partial charge in [-0.3, -0.25) is 0 Å². The van der Waals surface area contributed by atoms with E-state index in [-0.39, 0.29) is 16.2 Å². The summed E-state index contributed by atoms with van der Waals surface area (Å²) in [5, 5.41) is 0. The smallest absolute Gasteiger partial charge is 0.343 e. The second-order valence-corrected chi connectivity index (χ2v) is 9.06. The Balaban J connectivity index is 1.62. The molecule has 0 N–H and O–H groups in total. The summed E-state index contributed by atoms with van der Waals surface area (Å²) >= 11 is 0. The van der Waals surface area contributed by atoms with Crippen LogP contribution < -0.4 is 9.47 Å². The predicted octanol–water partition coefficient (Wildman–Crippen LogP) is 3.19. The number of carbonyl (C=O) groups excluding carboxylic acids is 1. The first-order chi connectivity index (χ1) is 13.5. The lowest BCUT2D eigenvalue weighted by molar-refractivity contribution is 0.0734. The zero-order valence-corrected chi connectivity index (χ0v) is 16.6. The molecule has 1 fully saturated rings. The first-order valence-corrected chi connectivity index (χ1v) is 11.0. The number of esters is 1. The lowest BCUT2D eigenvalue weighted by Crippen LogP contribution is -2.28. The van der Waals surface area contributed by atoms with Crippen LogP contribution in [0.1, 0.15) is 40.7 Å². The molecule has 2 aromatic rings. The number of nitrogens with zero attached hydrogens (tertiary/aromatic N) is 1. The molecule has 0 bridgehead atoms. The van der Waals surface area contributed by atoms with E-state index in [4.69, 9.17) is 9.47 Å². The fourth-order valence-corrected chi connectivity index (χ4v) is 5.55. The number of rotatable bonds is 5. The van der Waals surface area contributed by atoms with E-state index in [1.807, 2.05) is 12.1 Å². The van der Waals surface area contributed by atoms with Crippen molar-refractivity contribution in [3.05, 3.63) is 53.1 Å². The summed E-state index contributed by atoms with van der Waals surface area (Å²) < 4.78 is 38.1. The Bertz CT molecular complexity index is 1010. The van der Waals surface area contributed by atoms with E-state index >= 15 is 0 Å². The molecule has 2 aliphatic rings. The van der Waals surface area contributed by atoms with Gasteiger partial charge < -0.3 is 9.47 Å². The Morgan fingerprint density at radius 2 is 1.71 bits per heavy atom. The van der Waals surface area contributed by atoms with Gasteiger partial charge in [0.2, 0.25) is 10.0 Å². The highest BCUT2D eigenvalue weighted by Gasteiger charge is 2.31. The van der Waals surface area contributed by atoms with Gasteiger partial charge in [-0.05, 0) is 73.6 Å². The van der Waals surface area contributed by atoms with Crippen molar-refractivity contribution in [3.63, 3.8) is 0 Å². The van der Waals surface area contributed by atoms with Gasteiger partial charge in [-0.25, -0.2) is 13.2 Å². The molecule has 0 saturated carbocycles. The molecule has 6 nitrogen and oxygen atoms in total. The molecule has 4 rings (SSSR count). The summed E-state index contributed by atoms with van der Waals surface area (Å²) in [6.07, 6.45) is 4.83. The van der Waals surface area contributed by atoms with Gasteiger partial charge in [0.25, 0.3) is 0 Å². The third-order valence-corrected chi connectivity index (χ3v) is 7.28. The number of hydrogen-bond donors (Lipinski definition) is 0. The van der Waals surface area contributed by atoms with Crippen molar-refractivity contribution in [3.8, 4) is 11.5 Å². The van der Waals surface area contributed by atoms with Gasteiger partial charge in [-0.15, -0.1) is 0 Å². The van der Waals surface area contributed by atoms with Crippen LogP contribution in [-0.4, -0.2) is 38.9 Å². The van der Waals surface area contributed by atoms with Crippen molar-refractivity contribution in [2.24, 2.45) is 0 Å². The Morgan fingerprint density at radius 3 is 2.46 bits per heavy atom. The summed E-state index contributed by atoms with van der Waals surface area (Å²) in [5.74, 6) is 0.116. The third-order valence-electron chi connectivity index (χ3n) is 5.36. The Hall–Kier alpha value is -2.38. The van der Waals surface area contributed by atoms with E-state index in [0.29, 0.717) is 18.8 Å². The number of aryl methyl sites for hydroxylation is 2. The molecule has 148 valence electrons. The lowest BCUT2D eigenvalue weighted by atomic mass is 10.1. The summed E-state index contributed by atoms with van der Waals surface area (Å²) in [4.78, 5) is 12.6. The number of ether oxygens (including phenoxy) is 2. The number of benzene rings is 2. The van der Waals surface area contributed by atoms with Crippen molar-refractivity contribution in [2.75, 3.05) is 20.2 Å². The molecule has 28 heavy (non-hydrogen) atoms. The fourth-order valence-electron chi connectivity index (χ4n) is 3.85. The van der Waals surface area contributed by atoms with E-state index < -0.39 is 16.0 Å². The Kier molecular flexibility index (Phi) is 5.12. The highest BCUT2D eigenvalue weighted by atomic mass is 32.2. The first kappa shape index (κ1) is 19.0. The maximum Gasteiger partial charge on any atom is 0.343 e. The van der Waals surface area contributed by atoms with Crippen LogP contribution in [0.25, 0.3) is 0 Å². The minimum Gasteiger partial charge on any atom is -0.495 e. The normalized spacial score (nSPS) is 16.8. The maximum absolute atomic E-state index is 13.0.